The standard InChI is InChI=1S/C29H39N5O3S/c1-17-13-24(38-5)22(27(35)32-17)14-31-28(36)25-19(3)34(23-7-6-12-30-26(23)25)18(2)20-8-10-21(11-9-20)33-29(4)15-37-16-29/h6-7,12-13,18,20-21,33H,8-11,14-16H2,1-5H3,(H,31,36)(H,32,35)/t18-,20?,21?/m1/s1. The van der Waals surface area contributed by atoms with Crippen molar-refractivity contribution in [2.24, 2.45) is 5.92 Å². The van der Waals surface area contributed by atoms with Crippen molar-refractivity contribution in [2.45, 2.75) is 82.4 Å². The van der Waals surface area contributed by atoms with Gasteiger partial charge in [-0.15, -0.1) is 11.8 Å². The average Bonchev–Trinajstić information content (AvgIpc) is 3.18. The van der Waals surface area contributed by atoms with Crippen LogP contribution in [0.25, 0.3) is 11.0 Å². The molecule has 0 bridgehead atoms. The second-order valence-electron chi connectivity index (χ2n) is 11.3. The van der Waals surface area contributed by atoms with Gasteiger partial charge in [-0.25, -0.2) is 0 Å². The molecule has 3 aromatic rings. The maximum atomic E-state index is 13.6. The molecule has 1 saturated heterocycles. The van der Waals surface area contributed by atoms with Crippen molar-refractivity contribution in [3.05, 3.63) is 57.3 Å². The SMILES string of the molecule is CSc1cc(C)[nH]c(=O)c1CNC(=O)c1c(C)n([C@H](C)C2CCC(NC3(C)COC3)CC2)c2cccnc12. The van der Waals surface area contributed by atoms with Crippen LogP contribution in [0.1, 0.15) is 72.9 Å². The number of nitrogens with zero attached hydrogens (tertiary/aromatic N) is 2. The molecule has 8 nitrogen and oxygen atoms in total. The highest BCUT2D eigenvalue weighted by molar-refractivity contribution is 7.98. The summed E-state index contributed by atoms with van der Waals surface area (Å²) in [6.45, 7) is 10.2. The summed E-state index contributed by atoms with van der Waals surface area (Å²) in [6, 6.07) is 6.72. The molecular formula is C29H39N5O3S. The molecule has 3 N–H and O–H groups in total. The van der Waals surface area contributed by atoms with Crippen molar-refractivity contribution in [3.63, 3.8) is 0 Å². The predicted molar refractivity (Wildman–Crippen MR) is 152 cm³/mol. The van der Waals surface area contributed by atoms with Crippen LogP contribution in [0.15, 0.2) is 34.1 Å². The third kappa shape index (κ3) is 5.16. The Morgan fingerprint density at radius 2 is 2.03 bits per heavy atom. The lowest BCUT2D eigenvalue weighted by Crippen LogP contribution is -2.61. The fourth-order valence-electron chi connectivity index (χ4n) is 6.29. The van der Waals surface area contributed by atoms with Crippen molar-refractivity contribution in [1.29, 1.82) is 0 Å². The first-order valence-corrected chi connectivity index (χ1v) is 14.8. The van der Waals surface area contributed by atoms with Crippen LogP contribution in [-0.2, 0) is 11.3 Å². The van der Waals surface area contributed by atoms with Gasteiger partial charge in [-0.3, -0.25) is 14.6 Å². The average molecular weight is 538 g/mol. The number of hydrogen-bond acceptors (Lipinski definition) is 6. The van der Waals surface area contributed by atoms with Crippen LogP contribution in [0.3, 0.4) is 0 Å². The third-order valence-corrected chi connectivity index (χ3v) is 9.17. The second-order valence-corrected chi connectivity index (χ2v) is 12.1. The summed E-state index contributed by atoms with van der Waals surface area (Å²) < 4.78 is 7.72. The van der Waals surface area contributed by atoms with Crippen molar-refractivity contribution >= 4 is 28.7 Å². The molecular weight excluding hydrogens is 498 g/mol. The lowest BCUT2D eigenvalue weighted by atomic mass is 9.81. The molecule has 0 aromatic carbocycles. The molecule has 1 atom stereocenters. The summed E-state index contributed by atoms with van der Waals surface area (Å²) in [7, 11) is 0. The van der Waals surface area contributed by atoms with Gasteiger partial charge in [-0.05, 0) is 83.8 Å². The first-order chi connectivity index (χ1) is 18.2. The molecule has 2 aliphatic rings. The van der Waals surface area contributed by atoms with Crippen LogP contribution in [-0.4, -0.2) is 51.5 Å². The van der Waals surface area contributed by atoms with Crippen LogP contribution in [0.5, 0.6) is 0 Å². The van der Waals surface area contributed by atoms with Crippen LogP contribution < -0.4 is 16.2 Å². The van der Waals surface area contributed by atoms with Gasteiger partial charge in [0.25, 0.3) is 11.5 Å². The van der Waals surface area contributed by atoms with E-state index in [1.807, 2.05) is 32.2 Å². The van der Waals surface area contributed by atoms with Crippen LogP contribution >= 0.6 is 11.8 Å². The van der Waals surface area contributed by atoms with Gasteiger partial charge < -0.3 is 24.9 Å². The lowest BCUT2D eigenvalue weighted by Gasteiger charge is -2.44. The first kappa shape index (κ1) is 27.0. The van der Waals surface area contributed by atoms with E-state index >= 15 is 0 Å². The van der Waals surface area contributed by atoms with E-state index in [2.05, 4.69) is 45.1 Å². The number of amides is 1. The molecule has 38 heavy (non-hydrogen) atoms. The Bertz CT molecular complexity index is 1380. The molecule has 1 amide bonds. The number of aromatic nitrogens is 3. The van der Waals surface area contributed by atoms with Gasteiger partial charge in [0.15, 0.2) is 0 Å². The molecule has 0 radical (unpaired) electrons. The maximum Gasteiger partial charge on any atom is 0.255 e. The molecule has 1 aliphatic heterocycles. The van der Waals surface area contributed by atoms with E-state index in [0.29, 0.717) is 28.6 Å². The fraction of sp³-hybridized carbons (Fsp3) is 0.552. The monoisotopic (exact) mass is 537 g/mol. The number of thioether (sulfide) groups is 1. The van der Waals surface area contributed by atoms with Gasteiger partial charge >= 0.3 is 0 Å². The molecule has 0 spiro atoms. The Morgan fingerprint density at radius 1 is 1.29 bits per heavy atom. The molecule has 9 heteroatoms. The molecule has 1 aliphatic carbocycles. The quantitative estimate of drug-likeness (QED) is 0.366. The van der Waals surface area contributed by atoms with E-state index in [-0.39, 0.29) is 29.6 Å². The lowest BCUT2D eigenvalue weighted by molar-refractivity contribution is -0.0719. The Hall–Kier alpha value is -2.62. The number of nitrogens with one attached hydrogen (secondary N) is 3. The van der Waals surface area contributed by atoms with Gasteiger partial charge in [-0.2, -0.15) is 0 Å². The second kappa shape index (κ2) is 10.9. The third-order valence-electron chi connectivity index (χ3n) is 8.36. The zero-order valence-corrected chi connectivity index (χ0v) is 23.8. The molecule has 4 heterocycles. The highest BCUT2D eigenvalue weighted by Crippen LogP contribution is 2.38. The minimum Gasteiger partial charge on any atom is -0.377 e. The zero-order valence-electron chi connectivity index (χ0n) is 23.0. The zero-order chi connectivity index (χ0) is 27.0. The molecule has 0 unspecified atom stereocenters. The first-order valence-electron chi connectivity index (χ1n) is 13.6. The summed E-state index contributed by atoms with van der Waals surface area (Å²) in [4.78, 5) is 34.5. The minimum absolute atomic E-state index is 0.129. The largest absolute Gasteiger partial charge is 0.377 e. The van der Waals surface area contributed by atoms with Crippen molar-refractivity contribution in [3.8, 4) is 0 Å². The Morgan fingerprint density at radius 3 is 2.68 bits per heavy atom. The highest BCUT2D eigenvalue weighted by Gasteiger charge is 2.37. The summed E-state index contributed by atoms with van der Waals surface area (Å²) in [5, 5.41) is 6.82. The number of fused-ring (bicyclic) bond motifs is 1. The summed E-state index contributed by atoms with van der Waals surface area (Å²) in [5.41, 5.74) is 4.56. The summed E-state index contributed by atoms with van der Waals surface area (Å²) in [6.07, 6.45) is 8.27. The summed E-state index contributed by atoms with van der Waals surface area (Å²) in [5.74, 6) is 0.326. The van der Waals surface area contributed by atoms with E-state index in [1.54, 1.807) is 6.20 Å². The Kier molecular flexibility index (Phi) is 7.71. The number of carbonyl (C=O) groups is 1. The Labute approximate surface area is 228 Å². The van der Waals surface area contributed by atoms with Gasteiger partial charge in [0, 0.05) is 46.7 Å². The van der Waals surface area contributed by atoms with Gasteiger partial charge in [0.1, 0.15) is 5.52 Å². The van der Waals surface area contributed by atoms with Crippen molar-refractivity contribution in [1.82, 2.24) is 25.2 Å². The number of aromatic amines is 1. The van der Waals surface area contributed by atoms with E-state index in [1.165, 1.54) is 11.8 Å². The number of rotatable bonds is 8. The number of pyridine rings is 2. The van der Waals surface area contributed by atoms with Crippen molar-refractivity contribution in [2.75, 3.05) is 19.5 Å². The molecule has 1 saturated carbocycles. The molecule has 3 aromatic heterocycles. The van der Waals surface area contributed by atoms with Gasteiger partial charge in [-0.1, -0.05) is 0 Å². The maximum absolute atomic E-state index is 13.6. The number of H-pyrrole nitrogens is 1. The van der Waals surface area contributed by atoms with E-state index in [0.717, 1.165) is 60.7 Å². The molecule has 2 fully saturated rings. The van der Waals surface area contributed by atoms with E-state index in [4.69, 9.17) is 4.74 Å². The Balaban J connectivity index is 1.35. The van der Waals surface area contributed by atoms with Crippen molar-refractivity contribution < 1.29 is 9.53 Å². The normalized spacial score (nSPS) is 21.7. The number of ether oxygens (including phenoxy) is 1. The van der Waals surface area contributed by atoms with E-state index in [9.17, 15) is 9.59 Å². The molecule has 204 valence electrons. The number of aryl methyl sites for hydroxylation is 1. The van der Waals surface area contributed by atoms with Gasteiger partial charge in [0.05, 0.1) is 29.8 Å². The van der Waals surface area contributed by atoms with Gasteiger partial charge in [0.2, 0.25) is 0 Å². The number of hydrogen-bond donors (Lipinski definition) is 3. The topological polar surface area (TPSA) is 101 Å². The predicted octanol–water partition coefficient (Wildman–Crippen LogP) is 4.49. The summed E-state index contributed by atoms with van der Waals surface area (Å²) >= 11 is 1.51. The fourth-order valence-corrected chi connectivity index (χ4v) is 6.99. The number of carbonyl (C=O) groups excluding carboxylic acids is 1. The molecule has 5 rings (SSSR count). The van der Waals surface area contributed by atoms with E-state index < -0.39 is 0 Å². The minimum atomic E-state index is -0.201. The highest BCUT2D eigenvalue weighted by atomic mass is 32.2. The van der Waals surface area contributed by atoms with Crippen LogP contribution in [0, 0.1) is 19.8 Å². The van der Waals surface area contributed by atoms with Crippen LogP contribution in [0.4, 0.5) is 0 Å². The van der Waals surface area contributed by atoms with Crippen LogP contribution in [0.2, 0.25) is 0 Å². The smallest absolute Gasteiger partial charge is 0.255 e.